The van der Waals surface area contributed by atoms with E-state index in [0.717, 1.165) is 17.9 Å². The maximum atomic E-state index is 14.0. The largest absolute Gasteiger partial charge is 0.496 e. The van der Waals surface area contributed by atoms with Crippen molar-refractivity contribution in [1.82, 2.24) is 20.0 Å². The molecule has 17 heteroatoms. The first-order chi connectivity index (χ1) is 31.0. The van der Waals surface area contributed by atoms with Crippen molar-refractivity contribution in [2.45, 2.75) is 167 Å². The number of nitrogens with one attached hydrogen (secondary N) is 1. The number of hydrogen-bond acceptors (Lipinski definition) is 16. The van der Waals surface area contributed by atoms with Crippen molar-refractivity contribution >= 4 is 12.1 Å². The minimum Gasteiger partial charge on any atom is -0.496 e. The minimum absolute atomic E-state index is 0.0441. The maximum Gasteiger partial charge on any atom is 0.407 e. The van der Waals surface area contributed by atoms with Crippen molar-refractivity contribution in [3.63, 3.8) is 0 Å². The SMILES string of the molecule is CCN(CCNC(=O)O[C@H]1[C@H](C)O[C@@H](O[C@H]2[C@H](C)[C@@H](O[C@@H]3O[C@H](C)C[C@H](N(C)C)[C@H]3O)[C@@](C)(O)C[C@@H](C)[C@H](N)[C@H](C)CN(C)CCOC(=O)[C@@H]2C)C[C@@]1(C)OC)[C@@H](C)c1ccccc1OC. The molecule has 3 heterocycles. The lowest BCUT2D eigenvalue weighted by Crippen LogP contribution is -2.61. The van der Waals surface area contributed by atoms with Crippen molar-refractivity contribution in [2.24, 2.45) is 29.4 Å². The zero-order chi connectivity index (χ0) is 49.3. The first kappa shape index (κ1) is 55.9. The van der Waals surface area contributed by atoms with Gasteiger partial charge in [0.1, 0.15) is 24.1 Å². The van der Waals surface area contributed by atoms with Crippen LogP contribution in [0.2, 0.25) is 0 Å². The lowest BCUT2D eigenvalue weighted by Gasteiger charge is -2.49. The molecule has 3 saturated heterocycles. The van der Waals surface area contributed by atoms with Gasteiger partial charge in [-0.05, 0) is 100.0 Å². The number of nitrogens with zero attached hydrogens (tertiary/aromatic N) is 3. The molecule has 0 unspecified atom stereocenters. The molecule has 0 radical (unpaired) electrons. The van der Waals surface area contributed by atoms with Crippen LogP contribution in [0.4, 0.5) is 4.79 Å². The van der Waals surface area contributed by atoms with E-state index in [4.69, 9.17) is 43.6 Å². The molecule has 3 fully saturated rings. The van der Waals surface area contributed by atoms with Gasteiger partial charge in [0.15, 0.2) is 18.7 Å². The summed E-state index contributed by atoms with van der Waals surface area (Å²) in [6.45, 7) is 22.2. The zero-order valence-corrected chi connectivity index (χ0v) is 42.7. The molecule has 0 spiro atoms. The van der Waals surface area contributed by atoms with Crippen LogP contribution in [-0.2, 0) is 38.0 Å². The lowest BCUT2D eigenvalue weighted by molar-refractivity contribution is -0.317. The number of aliphatic hydroxyl groups is 2. The second-order valence-electron chi connectivity index (χ2n) is 20.2. The van der Waals surface area contributed by atoms with Gasteiger partial charge >= 0.3 is 12.1 Å². The fourth-order valence-corrected chi connectivity index (χ4v) is 10.5. The van der Waals surface area contributed by atoms with Gasteiger partial charge in [-0.2, -0.15) is 0 Å². The van der Waals surface area contributed by atoms with Gasteiger partial charge in [-0.1, -0.05) is 45.9 Å². The Morgan fingerprint density at radius 2 is 1.71 bits per heavy atom. The molecule has 66 heavy (non-hydrogen) atoms. The number of carbonyl (C=O) groups excluding carboxylic acids is 2. The van der Waals surface area contributed by atoms with E-state index in [9.17, 15) is 19.8 Å². The topological polar surface area (TPSA) is 196 Å². The fraction of sp³-hybridized carbons (Fsp3) is 0.837. The summed E-state index contributed by atoms with van der Waals surface area (Å²) in [5.74, 6) is -1.37. The number of esters is 1. The molecule has 1 amide bonds. The van der Waals surface area contributed by atoms with Gasteiger partial charge in [-0.15, -0.1) is 0 Å². The molecular weight excluding hydrogens is 851 g/mol. The van der Waals surface area contributed by atoms with E-state index in [1.54, 1.807) is 35.0 Å². The van der Waals surface area contributed by atoms with Gasteiger partial charge in [0, 0.05) is 69.3 Å². The van der Waals surface area contributed by atoms with Crippen molar-refractivity contribution in [3.05, 3.63) is 29.8 Å². The van der Waals surface area contributed by atoms with Crippen molar-refractivity contribution < 1.29 is 57.7 Å². The number of likely N-dealkylation sites (N-methyl/N-ethyl adjacent to an activating group) is 3. The van der Waals surface area contributed by atoms with E-state index in [-0.39, 0.29) is 55.5 Å². The first-order valence-corrected chi connectivity index (χ1v) is 24.1. The van der Waals surface area contributed by atoms with Crippen LogP contribution in [0.1, 0.15) is 100 Å². The molecule has 0 bridgehead atoms. The van der Waals surface area contributed by atoms with Gasteiger partial charge in [-0.3, -0.25) is 9.69 Å². The van der Waals surface area contributed by atoms with Gasteiger partial charge in [0.25, 0.3) is 0 Å². The molecule has 1 aromatic carbocycles. The van der Waals surface area contributed by atoms with Crippen LogP contribution in [-0.4, -0.2) is 184 Å². The number of cyclic esters (lactones) is 1. The predicted molar refractivity (Wildman–Crippen MR) is 252 cm³/mol. The number of rotatable bonds is 14. The summed E-state index contributed by atoms with van der Waals surface area (Å²) in [5, 5.41) is 27.3. The van der Waals surface area contributed by atoms with Crippen LogP contribution >= 0.6 is 0 Å². The summed E-state index contributed by atoms with van der Waals surface area (Å²) in [5.41, 5.74) is 5.31. The van der Waals surface area contributed by atoms with Gasteiger partial charge < -0.3 is 69.0 Å². The van der Waals surface area contributed by atoms with E-state index in [1.165, 1.54) is 0 Å². The highest BCUT2D eigenvalue weighted by atomic mass is 16.7. The Morgan fingerprint density at radius 3 is 2.35 bits per heavy atom. The molecule has 0 aromatic heterocycles. The van der Waals surface area contributed by atoms with Crippen LogP contribution in [0.25, 0.3) is 0 Å². The summed E-state index contributed by atoms with van der Waals surface area (Å²) < 4.78 is 50.2. The predicted octanol–water partition coefficient (Wildman–Crippen LogP) is 4.41. The molecule has 3 aliphatic rings. The number of alkyl carbamates (subject to hydrolysis) is 1. The van der Waals surface area contributed by atoms with Crippen molar-refractivity contribution in [2.75, 3.05) is 74.7 Å². The minimum atomic E-state index is -1.56. The molecule has 0 aliphatic carbocycles. The Labute approximate surface area is 395 Å². The first-order valence-electron chi connectivity index (χ1n) is 24.1. The molecule has 17 nitrogen and oxygen atoms in total. The third kappa shape index (κ3) is 14.2. The average Bonchev–Trinajstić information content (AvgIpc) is 3.26. The van der Waals surface area contributed by atoms with Crippen LogP contribution in [0.3, 0.4) is 0 Å². The number of benzene rings is 1. The molecule has 1 aromatic rings. The summed E-state index contributed by atoms with van der Waals surface area (Å²) >= 11 is 0. The highest BCUT2D eigenvalue weighted by Gasteiger charge is 2.53. The number of methoxy groups -OCH3 is 2. The van der Waals surface area contributed by atoms with Gasteiger partial charge in [-0.25, -0.2) is 4.79 Å². The second-order valence-corrected chi connectivity index (χ2v) is 20.2. The second kappa shape index (κ2) is 24.7. The standard InChI is InChI=1S/C49H87N5O12/c1-16-54(34(7)36-19-17-18-20-38(36)59-14)22-21-51-47(57)66-44-35(8)63-39(27-49(44,10)60-15)64-42-32(5)43(65-46-41(55)37(52(11)12)25-31(4)62-46)48(9,58)26-29(2)40(50)30(3)28-53(13)23-24-61-45(56)33(42)6/h17-20,29-35,37,39-44,46,55,58H,16,21-28,50H2,1-15H3,(H,51,57)/t29-,30-,31-,32+,33-,34+,35+,37+,39+,40+,41-,42+,43-,44+,46+,48+,49-/m1/s1. The highest BCUT2D eigenvalue weighted by molar-refractivity contribution is 5.72. The quantitative estimate of drug-likeness (QED) is 0.191. The lowest BCUT2D eigenvalue weighted by atomic mass is 9.75. The van der Waals surface area contributed by atoms with Crippen LogP contribution in [0.5, 0.6) is 5.75 Å². The van der Waals surface area contributed by atoms with Gasteiger partial charge in [0.2, 0.25) is 0 Å². The number of nitrogens with two attached hydrogens (primary N) is 1. The number of hydrogen-bond donors (Lipinski definition) is 4. The number of para-hydroxylation sites is 1. The van der Waals surface area contributed by atoms with Crippen LogP contribution < -0.4 is 15.8 Å². The number of ether oxygens (including phenoxy) is 8. The Bertz CT molecular complexity index is 1660. The summed E-state index contributed by atoms with van der Waals surface area (Å²) in [7, 11) is 8.98. The molecule has 0 saturated carbocycles. The number of amides is 1. The molecule has 380 valence electrons. The normalized spacial score (nSPS) is 38.5. The molecule has 17 atom stereocenters. The fourth-order valence-electron chi connectivity index (χ4n) is 10.5. The molecule has 4 rings (SSSR count). The Balaban J connectivity index is 1.59. The third-order valence-corrected chi connectivity index (χ3v) is 14.6. The molecule has 5 N–H and O–H groups in total. The van der Waals surface area contributed by atoms with Gasteiger partial charge in [0.05, 0.1) is 43.0 Å². The van der Waals surface area contributed by atoms with E-state index >= 15 is 0 Å². The van der Waals surface area contributed by atoms with Crippen molar-refractivity contribution in [3.8, 4) is 5.75 Å². The third-order valence-electron chi connectivity index (χ3n) is 14.6. The van der Waals surface area contributed by atoms with Crippen LogP contribution in [0.15, 0.2) is 24.3 Å². The Kier molecular flexibility index (Phi) is 21.0. The summed E-state index contributed by atoms with van der Waals surface area (Å²) in [4.78, 5) is 33.8. The average molecular weight is 938 g/mol. The molecule has 3 aliphatic heterocycles. The molecular formula is C49H87N5O12. The Hall–Kier alpha value is -2.68. The highest BCUT2D eigenvalue weighted by Crippen LogP contribution is 2.41. The number of aliphatic hydroxyl groups excluding tert-OH is 1. The van der Waals surface area contributed by atoms with E-state index < -0.39 is 78.2 Å². The summed E-state index contributed by atoms with van der Waals surface area (Å²) in [6, 6.07) is 7.41. The van der Waals surface area contributed by atoms with E-state index in [1.807, 2.05) is 78.0 Å². The van der Waals surface area contributed by atoms with Crippen molar-refractivity contribution in [1.29, 1.82) is 0 Å². The van der Waals surface area contributed by atoms with E-state index in [0.29, 0.717) is 32.6 Å². The smallest absolute Gasteiger partial charge is 0.407 e. The summed E-state index contributed by atoms with van der Waals surface area (Å²) in [6.07, 6.45) is -6.54. The van der Waals surface area contributed by atoms with E-state index in [2.05, 4.69) is 35.9 Å². The Morgan fingerprint density at radius 1 is 1.03 bits per heavy atom. The number of carbonyl (C=O) groups is 2. The van der Waals surface area contributed by atoms with Crippen LogP contribution in [0, 0.1) is 23.7 Å². The monoisotopic (exact) mass is 938 g/mol. The maximum absolute atomic E-state index is 14.0. The zero-order valence-electron chi connectivity index (χ0n) is 42.7.